The monoisotopic (exact) mass is 355 g/mol. The second kappa shape index (κ2) is 7.35. The van der Waals surface area contributed by atoms with Crippen LogP contribution in [0.5, 0.6) is 0 Å². The molecule has 8 heteroatoms. The van der Waals surface area contributed by atoms with Crippen molar-refractivity contribution in [1.82, 2.24) is 15.0 Å². The van der Waals surface area contributed by atoms with E-state index in [0.29, 0.717) is 12.4 Å². The molecule has 1 aromatic carbocycles. The maximum Gasteiger partial charge on any atom is 0.269 e. The van der Waals surface area contributed by atoms with E-state index in [-0.39, 0.29) is 5.69 Å². The third kappa shape index (κ3) is 4.16. The zero-order chi connectivity index (χ0) is 17.8. The maximum absolute atomic E-state index is 10.8. The molecule has 0 saturated heterocycles. The summed E-state index contributed by atoms with van der Waals surface area (Å²) in [6, 6.07) is 8.18. The second-order valence-corrected chi connectivity index (χ2v) is 6.74. The first-order valence-electron chi connectivity index (χ1n) is 7.83. The number of hydrogen-bond donors (Lipinski definition) is 1. The van der Waals surface area contributed by atoms with Gasteiger partial charge in [0.1, 0.15) is 5.82 Å². The molecule has 0 aliphatic heterocycles. The van der Waals surface area contributed by atoms with Gasteiger partial charge in [0.2, 0.25) is 0 Å². The largest absolute Gasteiger partial charge is 0.365 e. The van der Waals surface area contributed by atoms with Gasteiger partial charge in [-0.15, -0.1) is 11.3 Å². The molecular formula is C17H17N5O2S. The van der Waals surface area contributed by atoms with Crippen molar-refractivity contribution >= 4 is 22.8 Å². The SMILES string of the molecule is CCc1cc(NCc2cnc(C)s2)nc(-c2ccc([N+](=O)[O-])cc2)n1. The van der Waals surface area contributed by atoms with E-state index >= 15 is 0 Å². The Morgan fingerprint density at radius 3 is 2.60 bits per heavy atom. The molecule has 2 aromatic heterocycles. The van der Waals surface area contributed by atoms with Gasteiger partial charge in [0.15, 0.2) is 5.82 Å². The molecule has 0 amide bonds. The van der Waals surface area contributed by atoms with Gasteiger partial charge in [0.05, 0.1) is 16.5 Å². The number of anilines is 1. The van der Waals surface area contributed by atoms with Crippen LogP contribution >= 0.6 is 11.3 Å². The van der Waals surface area contributed by atoms with Gasteiger partial charge >= 0.3 is 0 Å². The van der Waals surface area contributed by atoms with E-state index in [2.05, 4.69) is 20.3 Å². The highest BCUT2D eigenvalue weighted by Crippen LogP contribution is 2.22. The molecule has 0 saturated carbocycles. The lowest BCUT2D eigenvalue weighted by atomic mass is 10.2. The fourth-order valence-corrected chi connectivity index (χ4v) is 3.03. The first-order valence-corrected chi connectivity index (χ1v) is 8.64. The van der Waals surface area contributed by atoms with Crippen LogP contribution < -0.4 is 5.32 Å². The lowest BCUT2D eigenvalue weighted by molar-refractivity contribution is -0.384. The van der Waals surface area contributed by atoms with Crippen molar-refractivity contribution in [3.63, 3.8) is 0 Å². The minimum absolute atomic E-state index is 0.0503. The first-order chi connectivity index (χ1) is 12.0. The number of nitro benzene ring substituents is 1. The quantitative estimate of drug-likeness (QED) is 0.531. The molecule has 0 fully saturated rings. The minimum atomic E-state index is -0.420. The Morgan fingerprint density at radius 2 is 2.00 bits per heavy atom. The first kappa shape index (κ1) is 17.0. The molecule has 3 aromatic rings. The summed E-state index contributed by atoms with van der Waals surface area (Å²) in [6.45, 7) is 4.64. The van der Waals surface area contributed by atoms with Crippen molar-refractivity contribution in [2.24, 2.45) is 0 Å². The van der Waals surface area contributed by atoms with Gasteiger partial charge < -0.3 is 5.32 Å². The average Bonchev–Trinajstić information content (AvgIpc) is 3.05. The number of aromatic nitrogens is 3. The number of hydrogen-bond acceptors (Lipinski definition) is 7. The molecule has 0 aliphatic carbocycles. The Labute approximate surface area is 149 Å². The molecule has 0 atom stereocenters. The van der Waals surface area contributed by atoms with Crippen LogP contribution in [0.25, 0.3) is 11.4 Å². The lowest BCUT2D eigenvalue weighted by Crippen LogP contribution is -2.04. The maximum atomic E-state index is 10.8. The van der Waals surface area contributed by atoms with Crippen molar-refractivity contribution in [3.05, 3.63) is 62.2 Å². The van der Waals surface area contributed by atoms with Crippen LogP contribution in [0, 0.1) is 17.0 Å². The topological polar surface area (TPSA) is 93.8 Å². The van der Waals surface area contributed by atoms with Gasteiger partial charge in [-0.1, -0.05) is 6.92 Å². The number of nitro groups is 1. The third-order valence-corrected chi connectivity index (χ3v) is 4.50. The van der Waals surface area contributed by atoms with E-state index in [9.17, 15) is 10.1 Å². The van der Waals surface area contributed by atoms with Gasteiger partial charge in [-0.2, -0.15) is 0 Å². The van der Waals surface area contributed by atoms with Crippen LogP contribution in [-0.2, 0) is 13.0 Å². The van der Waals surface area contributed by atoms with E-state index in [1.165, 1.54) is 12.1 Å². The highest BCUT2D eigenvalue weighted by atomic mass is 32.1. The molecule has 3 rings (SSSR count). The van der Waals surface area contributed by atoms with Crippen molar-refractivity contribution in [2.45, 2.75) is 26.8 Å². The Morgan fingerprint density at radius 1 is 1.24 bits per heavy atom. The predicted molar refractivity (Wildman–Crippen MR) is 97.7 cm³/mol. The molecule has 0 unspecified atom stereocenters. The average molecular weight is 355 g/mol. The van der Waals surface area contributed by atoms with Gasteiger partial charge in [-0.25, -0.2) is 15.0 Å². The van der Waals surface area contributed by atoms with Crippen LogP contribution in [0.2, 0.25) is 0 Å². The summed E-state index contributed by atoms with van der Waals surface area (Å²) >= 11 is 1.64. The van der Waals surface area contributed by atoms with Crippen LogP contribution in [0.3, 0.4) is 0 Å². The Kier molecular flexibility index (Phi) is 4.99. The Balaban J connectivity index is 1.85. The van der Waals surface area contributed by atoms with Gasteiger partial charge in [-0.3, -0.25) is 10.1 Å². The number of thiazole rings is 1. The van der Waals surface area contributed by atoms with Gasteiger partial charge in [0.25, 0.3) is 5.69 Å². The van der Waals surface area contributed by atoms with Crippen LogP contribution in [0.1, 0.15) is 22.5 Å². The fraction of sp³-hybridized carbons (Fsp3) is 0.235. The number of rotatable bonds is 6. The van der Waals surface area contributed by atoms with Crippen molar-refractivity contribution in [3.8, 4) is 11.4 Å². The van der Waals surface area contributed by atoms with Crippen LogP contribution in [-0.4, -0.2) is 19.9 Å². The summed E-state index contributed by atoms with van der Waals surface area (Å²) in [7, 11) is 0. The molecule has 0 bridgehead atoms. The van der Waals surface area contributed by atoms with Crippen molar-refractivity contribution < 1.29 is 4.92 Å². The van der Waals surface area contributed by atoms with Gasteiger partial charge in [-0.05, 0) is 25.5 Å². The predicted octanol–water partition coefficient (Wildman–Crippen LogP) is 3.99. The summed E-state index contributed by atoms with van der Waals surface area (Å²) in [5.74, 6) is 1.28. The number of nitrogens with zero attached hydrogens (tertiary/aromatic N) is 4. The molecule has 128 valence electrons. The molecule has 0 aliphatic rings. The molecule has 2 heterocycles. The van der Waals surface area contributed by atoms with E-state index in [1.54, 1.807) is 23.5 Å². The van der Waals surface area contributed by atoms with Crippen molar-refractivity contribution in [2.75, 3.05) is 5.32 Å². The molecule has 0 radical (unpaired) electrons. The van der Waals surface area contributed by atoms with Crippen LogP contribution in [0.15, 0.2) is 36.5 Å². The van der Waals surface area contributed by atoms with Crippen molar-refractivity contribution in [1.29, 1.82) is 0 Å². The smallest absolute Gasteiger partial charge is 0.269 e. The summed E-state index contributed by atoms with van der Waals surface area (Å²) in [5, 5.41) is 15.1. The second-order valence-electron chi connectivity index (χ2n) is 5.42. The lowest BCUT2D eigenvalue weighted by Gasteiger charge is -2.09. The summed E-state index contributed by atoms with van der Waals surface area (Å²) in [4.78, 5) is 24.8. The number of nitrogens with one attached hydrogen (secondary N) is 1. The highest BCUT2D eigenvalue weighted by Gasteiger charge is 2.10. The standard InChI is InChI=1S/C17H17N5O2S/c1-3-13-8-16(19-10-15-9-18-11(2)25-15)21-17(20-13)12-4-6-14(7-5-12)22(23)24/h4-9H,3,10H2,1-2H3,(H,19,20,21). The molecule has 0 spiro atoms. The summed E-state index contributed by atoms with van der Waals surface area (Å²) < 4.78 is 0. The van der Waals surface area contributed by atoms with E-state index in [4.69, 9.17) is 0 Å². The third-order valence-electron chi connectivity index (χ3n) is 3.59. The van der Waals surface area contributed by atoms with Gasteiger partial charge in [0, 0.05) is 40.5 Å². The highest BCUT2D eigenvalue weighted by molar-refractivity contribution is 7.11. The van der Waals surface area contributed by atoms with Crippen LogP contribution in [0.4, 0.5) is 11.5 Å². The van der Waals surface area contributed by atoms with E-state index in [1.807, 2.05) is 26.1 Å². The fourth-order valence-electron chi connectivity index (χ4n) is 2.30. The zero-order valence-corrected chi connectivity index (χ0v) is 14.7. The number of aryl methyl sites for hydroxylation is 2. The minimum Gasteiger partial charge on any atom is -0.365 e. The Bertz CT molecular complexity index is 892. The molecule has 7 nitrogen and oxygen atoms in total. The van der Waals surface area contributed by atoms with E-state index in [0.717, 1.165) is 33.4 Å². The molecule has 1 N–H and O–H groups in total. The van der Waals surface area contributed by atoms with E-state index < -0.39 is 4.92 Å². The number of benzene rings is 1. The molecular weight excluding hydrogens is 338 g/mol. The molecule has 25 heavy (non-hydrogen) atoms. The summed E-state index contributed by atoms with van der Waals surface area (Å²) in [6.07, 6.45) is 2.63. The normalized spacial score (nSPS) is 10.6. The Hall–Kier alpha value is -2.87. The summed E-state index contributed by atoms with van der Waals surface area (Å²) in [5.41, 5.74) is 1.71. The number of non-ortho nitro benzene ring substituents is 1. The zero-order valence-electron chi connectivity index (χ0n) is 13.9.